The molecule has 1 aromatic carbocycles. The van der Waals surface area contributed by atoms with Crippen molar-refractivity contribution < 1.29 is 14.1 Å². The molecule has 0 radical (unpaired) electrons. The third kappa shape index (κ3) is 3.58. The van der Waals surface area contributed by atoms with Crippen molar-refractivity contribution in [2.45, 2.75) is 57.6 Å². The molecule has 2 aromatic rings. The molecule has 1 heterocycles. The predicted molar refractivity (Wildman–Crippen MR) is 88.5 cm³/mol. The Balaban J connectivity index is 1.73. The zero-order valence-corrected chi connectivity index (χ0v) is 14.1. The second-order valence-corrected chi connectivity index (χ2v) is 6.35. The number of hydrogen-bond acceptors (Lipinski definition) is 5. The van der Waals surface area contributed by atoms with Crippen LogP contribution in [0.4, 0.5) is 0 Å². The van der Waals surface area contributed by atoms with Crippen molar-refractivity contribution in [3.63, 3.8) is 0 Å². The van der Waals surface area contributed by atoms with Gasteiger partial charge in [0.25, 0.3) is 11.8 Å². The average Bonchev–Trinajstić information content (AvgIpc) is 3.04. The topological polar surface area (TPSA) is 77.2 Å². The number of nitrogens with one attached hydrogen (secondary N) is 1. The maximum atomic E-state index is 12.7. The van der Waals surface area contributed by atoms with Gasteiger partial charge in [-0.25, -0.2) is 0 Å². The van der Waals surface area contributed by atoms with Crippen molar-refractivity contribution >= 4 is 5.91 Å². The molecule has 1 aliphatic carbocycles. The highest BCUT2D eigenvalue weighted by Gasteiger charge is 2.41. The Labute approximate surface area is 141 Å². The van der Waals surface area contributed by atoms with E-state index in [-0.39, 0.29) is 5.91 Å². The number of ether oxygens (including phenoxy) is 1. The Morgan fingerprint density at radius 2 is 1.96 bits per heavy atom. The van der Waals surface area contributed by atoms with Crippen LogP contribution in [0.1, 0.15) is 50.7 Å². The van der Waals surface area contributed by atoms with Crippen molar-refractivity contribution in [1.29, 1.82) is 0 Å². The molecular weight excluding hydrogens is 306 g/mol. The van der Waals surface area contributed by atoms with Crippen molar-refractivity contribution in [3.8, 4) is 5.75 Å². The number of benzene rings is 1. The molecule has 24 heavy (non-hydrogen) atoms. The first-order valence-corrected chi connectivity index (χ1v) is 8.44. The molecule has 0 spiro atoms. The van der Waals surface area contributed by atoms with E-state index in [4.69, 9.17) is 9.26 Å². The van der Waals surface area contributed by atoms with Gasteiger partial charge < -0.3 is 14.6 Å². The van der Waals surface area contributed by atoms with Gasteiger partial charge in [0, 0.05) is 0 Å². The molecule has 1 amide bonds. The molecule has 1 saturated carbocycles. The summed E-state index contributed by atoms with van der Waals surface area (Å²) in [4.78, 5) is 17.0. The Hall–Kier alpha value is -2.37. The molecule has 0 bridgehead atoms. The fourth-order valence-corrected chi connectivity index (χ4v) is 3.13. The Morgan fingerprint density at radius 3 is 2.58 bits per heavy atom. The number of aryl methyl sites for hydroxylation is 1. The summed E-state index contributed by atoms with van der Waals surface area (Å²) in [5.74, 6) is 1.58. The quantitative estimate of drug-likeness (QED) is 0.912. The van der Waals surface area contributed by atoms with Gasteiger partial charge in [-0.2, -0.15) is 4.98 Å². The third-order valence-corrected chi connectivity index (χ3v) is 4.43. The second kappa shape index (κ2) is 7.03. The number of rotatable bonds is 5. The standard InChI is InChI=1S/C18H23N3O3/c1-13(23-15-9-5-3-6-10-15)16(22)20-18(11-7-4-8-12-18)17-19-14(2)21-24-17/h3,5-6,9-10,13H,4,7-8,11-12H2,1-2H3,(H,20,22). The van der Waals surface area contributed by atoms with Crippen molar-refractivity contribution in [1.82, 2.24) is 15.5 Å². The normalized spacial score (nSPS) is 17.9. The Bertz CT molecular complexity index is 678. The molecule has 128 valence electrons. The van der Waals surface area contributed by atoms with E-state index in [1.807, 2.05) is 30.3 Å². The van der Waals surface area contributed by atoms with E-state index >= 15 is 0 Å². The first kappa shape index (κ1) is 16.5. The predicted octanol–water partition coefficient (Wildman–Crippen LogP) is 3.12. The molecule has 1 aliphatic rings. The van der Waals surface area contributed by atoms with Gasteiger partial charge >= 0.3 is 0 Å². The molecule has 1 N–H and O–H groups in total. The molecule has 0 aliphatic heterocycles. The zero-order chi connectivity index (χ0) is 17.0. The first-order chi connectivity index (χ1) is 11.6. The van der Waals surface area contributed by atoms with Crippen LogP contribution in [0.2, 0.25) is 0 Å². The summed E-state index contributed by atoms with van der Waals surface area (Å²) in [5.41, 5.74) is -0.578. The van der Waals surface area contributed by atoms with Gasteiger partial charge in [0.15, 0.2) is 11.9 Å². The number of carbonyl (C=O) groups is 1. The second-order valence-electron chi connectivity index (χ2n) is 6.35. The largest absolute Gasteiger partial charge is 0.481 e. The fraction of sp³-hybridized carbons (Fsp3) is 0.500. The van der Waals surface area contributed by atoms with Crippen LogP contribution in [0, 0.1) is 6.92 Å². The van der Waals surface area contributed by atoms with E-state index in [2.05, 4.69) is 15.5 Å². The van der Waals surface area contributed by atoms with Crippen LogP contribution in [-0.4, -0.2) is 22.2 Å². The van der Waals surface area contributed by atoms with E-state index in [1.165, 1.54) is 0 Å². The maximum Gasteiger partial charge on any atom is 0.261 e. The fourth-order valence-electron chi connectivity index (χ4n) is 3.13. The summed E-state index contributed by atoms with van der Waals surface area (Å²) in [6.07, 6.45) is 4.21. The molecule has 1 aromatic heterocycles. The lowest BCUT2D eigenvalue weighted by Gasteiger charge is -2.35. The smallest absolute Gasteiger partial charge is 0.261 e. The van der Waals surface area contributed by atoms with E-state index in [0.29, 0.717) is 17.5 Å². The number of para-hydroxylation sites is 1. The molecule has 0 saturated heterocycles. The van der Waals surface area contributed by atoms with E-state index in [9.17, 15) is 4.79 Å². The van der Waals surface area contributed by atoms with Gasteiger partial charge in [-0.1, -0.05) is 42.6 Å². The number of amides is 1. The van der Waals surface area contributed by atoms with E-state index in [1.54, 1.807) is 13.8 Å². The molecule has 1 unspecified atom stereocenters. The van der Waals surface area contributed by atoms with Crippen LogP contribution < -0.4 is 10.1 Å². The number of aromatic nitrogens is 2. The van der Waals surface area contributed by atoms with Gasteiger partial charge in [-0.3, -0.25) is 4.79 Å². The summed E-state index contributed by atoms with van der Waals surface area (Å²) < 4.78 is 11.1. The van der Waals surface area contributed by atoms with Crippen molar-refractivity contribution in [2.75, 3.05) is 0 Å². The van der Waals surface area contributed by atoms with Crippen LogP contribution in [0.5, 0.6) is 5.75 Å². The Kier molecular flexibility index (Phi) is 4.83. The summed E-state index contributed by atoms with van der Waals surface area (Å²) in [5, 5.41) is 7.01. The minimum atomic E-state index is -0.602. The molecule has 3 rings (SSSR count). The zero-order valence-electron chi connectivity index (χ0n) is 14.1. The van der Waals surface area contributed by atoms with Crippen LogP contribution in [0.15, 0.2) is 34.9 Å². The summed E-state index contributed by atoms with van der Waals surface area (Å²) in [6.45, 7) is 3.53. The number of nitrogens with zero attached hydrogens (tertiary/aromatic N) is 2. The third-order valence-electron chi connectivity index (χ3n) is 4.43. The lowest BCUT2D eigenvalue weighted by molar-refractivity contribution is -0.130. The lowest BCUT2D eigenvalue weighted by atomic mass is 9.81. The number of carbonyl (C=O) groups excluding carboxylic acids is 1. The highest BCUT2D eigenvalue weighted by Crippen LogP contribution is 2.36. The number of hydrogen-bond donors (Lipinski definition) is 1. The first-order valence-electron chi connectivity index (χ1n) is 8.44. The van der Waals surface area contributed by atoms with E-state index < -0.39 is 11.6 Å². The van der Waals surface area contributed by atoms with Crippen LogP contribution in [-0.2, 0) is 10.3 Å². The van der Waals surface area contributed by atoms with Gasteiger partial charge in [0.05, 0.1) is 0 Å². The summed E-state index contributed by atoms with van der Waals surface area (Å²) >= 11 is 0. The summed E-state index contributed by atoms with van der Waals surface area (Å²) in [7, 11) is 0. The maximum absolute atomic E-state index is 12.7. The van der Waals surface area contributed by atoms with Gasteiger partial charge in [0.1, 0.15) is 11.3 Å². The van der Waals surface area contributed by atoms with E-state index in [0.717, 1.165) is 32.1 Å². The van der Waals surface area contributed by atoms with Crippen LogP contribution in [0.3, 0.4) is 0 Å². The minimum Gasteiger partial charge on any atom is -0.481 e. The van der Waals surface area contributed by atoms with Gasteiger partial charge in [-0.15, -0.1) is 0 Å². The molecule has 1 atom stereocenters. The van der Waals surface area contributed by atoms with Crippen molar-refractivity contribution in [2.24, 2.45) is 0 Å². The highest BCUT2D eigenvalue weighted by atomic mass is 16.5. The monoisotopic (exact) mass is 329 g/mol. The molecule has 1 fully saturated rings. The highest BCUT2D eigenvalue weighted by molar-refractivity contribution is 5.81. The SMILES string of the molecule is Cc1noc(C2(NC(=O)C(C)Oc3ccccc3)CCCCC2)n1. The van der Waals surface area contributed by atoms with Gasteiger partial charge in [-0.05, 0) is 38.8 Å². The van der Waals surface area contributed by atoms with Crippen LogP contribution in [0.25, 0.3) is 0 Å². The lowest BCUT2D eigenvalue weighted by Crippen LogP contribution is -2.51. The Morgan fingerprint density at radius 1 is 1.25 bits per heavy atom. The van der Waals surface area contributed by atoms with Crippen LogP contribution >= 0.6 is 0 Å². The van der Waals surface area contributed by atoms with Gasteiger partial charge in [0.2, 0.25) is 0 Å². The minimum absolute atomic E-state index is 0.170. The van der Waals surface area contributed by atoms with Crippen molar-refractivity contribution in [3.05, 3.63) is 42.0 Å². The molecule has 6 nitrogen and oxygen atoms in total. The molecule has 6 heteroatoms. The molecular formula is C18H23N3O3. The average molecular weight is 329 g/mol. The summed E-state index contributed by atoms with van der Waals surface area (Å²) in [6, 6.07) is 9.34.